The minimum Gasteiger partial charge on any atom is -0.330 e. The Labute approximate surface area is 112 Å². The van der Waals surface area contributed by atoms with Crippen LogP contribution in [0.15, 0.2) is 18.3 Å². The van der Waals surface area contributed by atoms with Gasteiger partial charge < -0.3 is 5.73 Å². The van der Waals surface area contributed by atoms with Gasteiger partial charge in [0.15, 0.2) is 11.5 Å². The van der Waals surface area contributed by atoms with Gasteiger partial charge in [-0.25, -0.2) is 13.5 Å². The molecule has 0 atom stereocenters. The van der Waals surface area contributed by atoms with Crippen molar-refractivity contribution in [1.82, 2.24) is 15.0 Å². The minimum absolute atomic E-state index is 0.442. The Hall–Kier alpha value is -2.42. The summed E-state index contributed by atoms with van der Waals surface area (Å²) in [5.74, 6) is -2.10. The van der Waals surface area contributed by atoms with E-state index in [1.54, 1.807) is 0 Å². The van der Waals surface area contributed by atoms with Gasteiger partial charge in [-0.15, -0.1) is 5.10 Å². The molecule has 0 spiro atoms. The first-order chi connectivity index (χ1) is 9.52. The lowest BCUT2D eigenvalue weighted by atomic mass is 10.2. The van der Waals surface area contributed by atoms with E-state index in [9.17, 15) is 18.9 Å². The van der Waals surface area contributed by atoms with Gasteiger partial charge in [0.2, 0.25) is 0 Å². The number of halogens is 2. The van der Waals surface area contributed by atoms with E-state index in [2.05, 4.69) is 10.3 Å². The maximum Gasteiger partial charge on any atom is 0.300 e. The fraction of sp³-hybridized carbons (Fsp3) is 0.273. The molecule has 0 radical (unpaired) electrons. The molecule has 1 aromatic heterocycles. The fourth-order valence-corrected chi connectivity index (χ4v) is 1.72. The van der Waals surface area contributed by atoms with E-state index in [4.69, 9.17) is 5.73 Å². The topological polar surface area (TPSA) is 99.9 Å². The predicted octanol–water partition coefficient (Wildman–Crippen LogP) is 1.34. The zero-order valence-electron chi connectivity index (χ0n) is 10.3. The molecule has 0 saturated heterocycles. The van der Waals surface area contributed by atoms with Crippen molar-refractivity contribution in [2.45, 2.75) is 12.8 Å². The van der Waals surface area contributed by atoms with E-state index >= 15 is 0 Å². The Morgan fingerprint density at radius 3 is 2.80 bits per heavy atom. The quantitative estimate of drug-likeness (QED) is 0.659. The van der Waals surface area contributed by atoms with Gasteiger partial charge in [0.1, 0.15) is 5.82 Å². The zero-order valence-corrected chi connectivity index (χ0v) is 10.3. The zero-order chi connectivity index (χ0) is 14.7. The second kappa shape index (κ2) is 5.70. The van der Waals surface area contributed by atoms with Crippen molar-refractivity contribution in [3.8, 4) is 5.69 Å². The number of hydrogen-bond donors (Lipinski definition) is 1. The molecule has 0 amide bonds. The molecule has 0 fully saturated rings. The van der Waals surface area contributed by atoms with Crippen LogP contribution in [0, 0.1) is 21.7 Å². The maximum atomic E-state index is 13.8. The molecule has 2 aromatic rings. The molecule has 0 aliphatic heterocycles. The average Bonchev–Trinajstić information content (AvgIpc) is 2.83. The smallest absolute Gasteiger partial charge is 0.300 e. The van der Waals surface area contributed by atoms with Crippen LogP contribution in [0.2, 0.25) is 0 Å². The third-order valence-corrected chi connectivity index (χ3v) is 2.61. The number of benzene rings is 1. The Morgan fingerprint density at radius 1 is 1.40 bits per heavy atom. The molecule has 0 aliphatic rings. The van der Waals surface area contributed by atoms with Gasteiger partial charge >= 0.3 is 5.69 Å². The van der Waals surface area contributed by atoms with Crippen molar-refractivity contribution in [3.05, 3.63) is 45.8 Å². The number of rotatable bonds is 5. The first-order valence-corrected chi connectivity index (χ1v) is 5.78. The number of nitrogens with zero attached hydrogens (tertiary/aromatic N) is 4. The standard InChI is InChI=1S/C11H11F2N5O2/c12-7-4-9(13)11(10(5-7)18(19)20)17-6-8(15-16-17)2-1-3-14/h4-6H,1-3,14H2. The molecular weight excluding hydrogens is 272 g/mol. The maximum absolute atomic E-state index is 13.8. The van der Waals surface area contributed by atoms with Crippen LogP contribution in [0.5, 0.6) is 0 Å². The van der Waals surface area contributed by atoms with Crippen LogP contribution in [0.3, 0.4) is 0 Å². The third-order valence-electron chi connectivity index (χ3n) is 2.61. The summed E-state index contributed by atoms with van der Waals surface area (Å²) >= 11 is 0. The highest BCUT2D eigenvalue weighted by Gasteiger charge is 2.23. The number of aryl methyl sites for hydroxylation is 1. The lowest BCUT2D eigenvalue weighted by Gasteiger charge is -2.03. The van der Waals surface area contributed by atoms with Gasteiger partial charge in [0, 0.05) is 6.07 Å². The van der Waals surface area contributed by atoms with Crippen LogP contribution in [-0.4, -0.2) is 26.5 Å². The van der Waals surface area contributed by atoms with E-state index in [1.807, 2.05) is 0 Å². The summed E-state index contributed by atoms with van der Waals surface area (Å²) in [5, 5.41) is 18.3. The fourth-order valence-electron chi connectivity index (χ4n) is 1.72. The largest absolute Gasteiger partial charge is 0.330 e. The molecule has 1 aromatic carbocycles. The summed E-state index contributed by atoms with van der Waals surface area (Å²) in [5.41, 5.74) is 4.72. The van der Waals surface area contributed by atoms with Gasteiger partial charge in [-0.2, -0.15) is 0 Å². The number of nitro groups is 1. The van der Waals surface area contributed by atoms with Crippen LogP contribution in [0.4, 0.5) is 14.5 Å². The van der Waals surface area contributed by atoms with Crippen molar-refractivity contribution >= 4 is 5.69 Å². The molecule has 0 unspecified atom stereocenters. The molecule has 0 aliphatic carbocycles. The van der Waals surface area contributed by atoms with Crippen molar-refractivity contribution in [2.75, 3.05) is 6.54 Å². The van der Waals surface area contributed by atoms with Crippen molar-refractivity contribution in [3.63, 3.8) is 0 Å². The highest BCUT2D eigenvalue weighted by atomic mass is 19.1. The van der Waals surface area contributed by atoms with Crippen LogP contribution in [0.1, 0.15) is 12.1 Å². The van der Waals surface area contributed by atoms with E-state index < -0.39 is 27.9 Å². The van der Waals surface area contributed by atoms with E-state index in [1.165, 1.54) is 6.20 Å². The van der Waals surface area contributed by atoms with E-state index in [0.29, 0.717) is 37.2 Å². The Morgan fingerprint density at radius 2 is 2.15 bits per heavy atom. The van der Waals surface area contributed by atoms with Crippen LogP contribution in [-0.2, 0) is 6.42 Å². The molecule has 2 rings (SSSR count). The highest BCUT2D eigenvalue weighted by molar-refractivity contribution is 5.53. The molecule has 0 bridgehead atoms. The molecule has 20 heavy (non-hydrogen) atoms. The number of nitro benzene ring substituents is 1. The first-order valence-electron chi connectivity index (χ1n) is 5.78. The van der Waals surface area contributed by atoms with Gasteiger partial charge in [-0.05, 0) is 19.4 Å². The summed E-state index contributed by atoms with van der Waals surface area (Å²) in [6.07, 6.45) is 2.54. The van der Waals surface area contributed by atoms with Crippen LogP contribution in [0.25, 0.3) is 5.69 Å². The Bertz CT molecular complexity index is 644. The molecule has 2 N–H and O–H groups in total. The predicted molar refractivity (Wildman–Crippen MR) is 65.3 cm³/mol. The normalized spacial score (nSPS) is 10.8. The summed E-state index contributed by atoms with van der Waals surface area (Å²) in [6.45, 7) is 0.456. The molecule has 106 valence electrons. The van der Waals surface area contributed by atoms with Crippen molar-refractivity contribution in [2.24, 2.45) is 5.73 Å². The third kappa shape index (κ3) is 2.77. The molecule has 1 heterocycles. The van der Waals surface area contributed by atoms with Gasteiger partial charge in [0.25, 0.3) is 0 Å². The number of aromatic nitrogens is 3. The first kappa shape index (κ1) is 14.0. The van der Waals surface area contributed by atoms with Crippen LogP contribution < -0.4 is 5.73 Å². The van der Waals surface area contributed by atoms with Crippen molar-refractivity contribution in [1.29, 1.82) is 0 Å². The summed E-state index contributed by atoms with van der Waals surface area (Å²) in [6, 6.07) is 1.20. The molecule has 9 heteroatoms. The van der Waals surface area contributed by atoms with Gasteiger partial charge in [-0.3, -0.25) is 10.1 Å². The van der Waals surface area contributed by atoms with Crippen LogP contribution >= 0.6 is 0 Å². The van der Waals surface area contributed by atoms with E-state index in [-0.39, 0.29) is 0 Å². The second-order valence-electron chi connectivity index (χ2n) is 4.06. The Kier molecular flexibility index (Phi) is 3.99. The summed E-state index contributed by atoms with van der Waals surface area (Å²) in [4.78, 5) is 10.0. The number of hydrogen-bond acceptors (Lipinski definition) is 5. The van der Waals surface area contributed by atoms with Crippen molar-refractivity contribution < 1.29 is 13.7 Å². The minimum atomic E-state index is -1.08. The lowest BCUT2D eigenvalue weighted by Crippen LogP contribution is -2.05. The SMILES string of the molecule is NCCCc1cn(-c2c(F)cc(F)cc2[N+](=O)[O-])nn1. The Balaban J connectivity index is 2.46. The molecule has 7 nitrogen and oxygen atoms in total. The van der Waals surface area contributed by atoms with E-state index in [0.717, 1.165) is 4.68 Å². The highest BCUT2D eigenvalue weighted by Crippen LogP contribution is 2.26. The summed E-state index contributed by atoms with van der Waals surface area (Å²) < 4.78 is 27.7. The second-order valence-corrected chi connectivity index (χ2v) is 4.06. The van der Waals surface area contributed by atoms with Gasteiger partial charge in [0.05, 0.1) is 22.9 Å². The number of nitrogens with two attached hydrogens (primary N) is 1. The average molecular weight is 283 g/mol. The van der Waals surface area contributed by atoms with Gasteiger partial charge in [-0.1, -0.05) is 5.21 Å². The molecular formula is C11H11F2N5O2. The monoisotopic (exact) mass is 283 g/mol. The lowest BCUT2D eigenvalue weighted by molar-refractivity contribution is -0.385. The summed E-state index contributed by atoms with van der Waals surface area (Å²) in [7, 11) is 0. The molecule has 0 saturated carbocycles.